The van der Waals surface area contributed by atoms with Crippen molar-refractivity contribution in [2.75, 3.05) is 5.32 Å². The van der Waals surface area contributed by atoms with Crippen LogP contribution in [0.1, 0.15) is 57.0 Å². The molecule has 25 heavy (non-hydrogen) atoms. The fraction of sp³-hybridized carbons (Fsp3) is 0.625. The van der Waals surface area contributed by atoms with E-state index in [1.807, 2.05) is 0 Å². The van der Waals surface area contributed by atoms with Gasteiger partial charge in [0.05, 0.1) is 18.3 Å². The summed E-state index contributed by atoms with van der Waals surface area (Å²) in [7, 11) is 0. The van der Waals surface area contributed by atoms with Crippen LogP contribution in [0.15, 0.2) is 16.8 Å². The number of nitrogens with one attached hydrogen (secondary N) is 2. The molecular formula is C16H24N6O3. The molecule has 0 radical (unpaired) electrons. The Morgan fingerprint density at radius 3 is 2.80 bits per heavy atom. The molecule has 3 rings (SSSR count). The number of carbonyl (C=O) groups excluding carboxylic acids is 1. The van der Waals surface area contributed by atoms with E-state index in [1.54, 1.807) is 37.7 Å². The SMILES string of the molecule is Cc1cc(NC(=O)N[C@H]2CCCC[C@H]2n2cc(C(C)(C)O)nn2)no1. The van der Waals surface area contributed by atoms with Crippen molar-refractivity contribution >= 4 is 11.8 Å². The van der Waals surface area contributed by atoms with Crippen LogP contribution in [-0.4, -0.2) is 37.3 Å². The van der Waals surface area contributed by atoms with Gasteiger partial charge in [-0.15, -0.1) is 5.10 Å². The molecule has 1 fully saturated rings. The van der Waals surface area contributed by atoms with Gasteiger partial charge in [0.1, 0.15) is 17.1 Å². The minimum absolute atomic E-state index is 0.00199. The van der Waals surface area contributed by atoms with Crippen molar-refractivity contribution in [3.8, 4) is 0 Å². The summed E-state index contributed by atoms with van der Waals surface area (Å²) in [5, 5.41) is 27.7. The molecule has 2 aromatic rings. The Kier molecular flexibility index (Phi) is 4.76. The number of amides is 2. The van der Waals surface area contributed by atoms with Crippen molar-refractivity contribution in [3.05, 3.63) is 23.7 Å². The van der Waals surface area contributed by atoms with Gasteiger partial charge in [-0.3, -0.25) is 5.32 Å². The standard InChI is InChI=1S/C16H24N6O3/c1-10-8-14(20-25-10)18-15(23)17-11-6-4-5-7-12(11)22-9-13(19-21-22)16(2,3)24/h8-9,11-12,24H,4-7H2,1-3H3,(H2,17,18,20,23)/t11-,12+/m0/s1. The lowest BCUT2D eigenvalue weighted by Crippen LogP contribution is -2.45. The molecule has 0 aromatic carbocycles. The zero-order chi connectivity index (χ0) is 18.0. The molecule has 9 heteroatoms. The first-order valence-electron chi connectivity index (χ1n) is 8.48. The average Bonchev–Trinajstić information content (AvgIpc) is 3.16. The molecule has 2 aromatic heterocycles. The Balaban J connectivity index is 1.68. The van der Waals surface area contributed by atoms with Crippen molar-refractivity contribution in [2.45, 2.75) is 64.1 Å². The largest absolute Gasteiger partial charge is 0.384 e. The van der Waals surface area contributed by atoms with Crippen molar-refractivity contribution in [1.29, 1.82) is 0 Å². The topological polar surface area (TPSA) is 118 Å². The fourth-order valence-corrected chi connectivity index (χ4v) is 3.06. The lowest BCUT2D eigenvalue weighted by molar-refractivity contribution is 0.0736. The van der Waals surface area contributed by atoms with Crippen LogP contribution in [0.25, 0.3) is 0 Å². The molecule has 0 aliphatic heterocycles. The third-order valence-corrected chi connectivity index (χ3v) is 4.39. The number of carbonyl (C=O) groups is 1. The van der Waals surface area contributed by atoms with Crippen LogP contribution >= 0.6 is 0 Å². The van der Waals surface area contributed by atoms with Crippen LogP contribution in [0.4, 0.5) is 10.6 Å². The predicted octanol–water partition coefficient (Wildman–Crippen LogP) is 2.11. The number of urea groups is 1. The van der Waals surface area contributed by atoms with Crippen molar-refractivity contribution in [2.24, 2.45) is 0 Å². The minimum Gasteiger partial charge on any atom is -0.384 e. The molecule has 1 aliphatic rings. The smallest absolute Gasteiger partial charge is 0.320 e. The van der Waals surface area contributed by atoms with Gasteiger partial charge in [-0.05, 0) is 33.6 Å². The van der Waals surface area contributed by atoms with Gasteiger partial charge in [-0.25, -0.2) is 9.48 Å². The van der Waals surface area contributed by atoms with Crippen LogP contribution in [0.5, 0.6) is 0 Å². The maximum atomic E-state index is 12.2. The van der Waals surface area contributed by atoms with Crippen LogP contribution in [0, 0.1) is 6.92 Å². The molecule has 0 saturated heterocycles. The van der Waals surface area contributed by atoms with E-state index in [4.69, 9.17) is 4.52 Å². The molecule has 2 amide bonds. The molecule has 0 spiro atoms. The van der Waals surface area contributed by atoms with E-state index >= 15 is 0 Å². The number of aryl methyl sites for hydroxylation is 1. The molecule has 2 atom stereocenters. The second kappa shape index (κ2) is 6.83. The number of aliphatic hydroxyl groups is 1. The van der Waals surface area contributed by atoms with E-state index in [-0.39, 0.29) is 18.1 Å². The number of aromatic nitrogens is 4. The fourth-order valence-electron chi connectivity index (χ4n) is 3.06. The quantitative estimate of drug-likeness (QED) is 0.779. The summed E-state index contributed by atoms with van der Waals surface area (Å²) >= 11 is 0. The summed E-state index contributed by atoms with van der Waals surface area (Å²) in [5.41, 5.74) is -0.530. The Bertz CT molecular complexity index is 732. The van der Waals surface area contributed by atoms with Crippen molar-refractivity contribution in [3.63, 3.8) is 0 Å². The summed E-state index contributed by atoms with van der Waals surface area (Å²) in [6.45, 7) is 5.11. The van der Waals surface area contributed by atoms with E-state index in [0.29, 0.717) is 17.3 Å². The van der Waals surface area contributed by atoms with Crippen LogP contribution in [-0.2, 0) is 5.60 Å². The first-order chi connectivity index (χ1) is 11.8. The molecule has 1 aliphatic carbocycles. The monoisotopic (exact) mass is 348 g/mol. The van der Waals surface area contributed by atoms with Gasteiger partial charge in [0, 0.05) is 6.07 Å². The summed E-state index contributed by atoms with van der Waals surface area (Å²) in [5.74, 6) is 1.01. The molecule has 0 bridgehead atoms. The van der Waals surface area contributed by atoms with Crippen molar-refractivity contribution < 1.29 is 14.4 Å². The lowest BCUT2D eigenvalue weighted by Gasteiger charge is -2.31. The van der Waals surface area contributed by atoms with E-state index in [1.165, 1.54) is 0 Å². The number of hydrogen-bond donors (Lipinski definition) is 3. The third-order valence-electron chi connectivity index (χ3n) is 4.39. The number of rotatable bonds is 4. The predicted molar refractivity (Wildman–Crippen MR) is 90.0 cm³/mol. The van der Waals surface area contributed by atoms with Crippen LogP contribution in [0.3, 0.4) is 0 Å². The summed E-state index contributed by atoms with van der Waals surface area (Å²) < 4.78 is 6.69. The molecule has 1 saturated carbocycles. The highest BCUT2D eigenvalue weighted by molar-refractivity contribution is 5.88. The summed E-state index contributed by atoms with van der Waals surface area (Å²) in [6, 6.07) is 1.26. The van der Waals surface area contributed by atoms with Gasteiger partial charge < -0.3 is 14.9 Å². The molecule has 0 unspecified atom stereocenters. The minimum atomic E-state index is -1.04. The average molecular weight is 348 g/mol. The van der Waals surface area contributed by atoms with Crippen LogP contribution < -0.4 is 10.6 Å². The highest BCUT2D eigenvalue weighted by atomic mass is 16.5. The van der Waals surface area contributed by atoms with E-state index in [0.717, 1.165) is 25.7 Å². The molecule has 2 heterocycles. The zero-order valence-corrected chi connectivity index (χ0v) is 14.7. The maximum absolute atomic E-state index is 12.2. The van der Waals surface area contributed by atoms with Gasteiger partial charge in [-0.1, -0.05) is 23.2 Å². The second-order valence-corrected chi connectivity index (χ2v) is 7.02. The van der Waals surface area contributed by atoms with Gasteiger partial charge in [0.15, 0.2) is 5.82 Å². The lowest BCUT2D eigenvalue weighted by atomic mass is 9.90. The number of hydrogen-bond acceptors (Lipinski definition) is 6. The Morgan fingerprint density at radius 2 is 2.16 bits per heavy atom. The molecule has 9 nitrogen and oxygen atoms in total. The first kappa shape index (κ1) is 17.4. The molecule has 136 valence electrons. The normalized spacial score (nSPS) is 21.1. The third kappa shape index (κ3) is 4.16. The highest BCUT2D eigenvalue weighted by Crippen LogP contribution is 2.29. The van der Waals surface area contributed by atoms with Crippen LogP contribution in [0.2, 0.25) is 0 Å². The van der Waals surface area contributed by atoms with Gasteiger partial charge in [0.25, 0.3) is 0 Å². The van der Waals surface area contributed by atoms with E-state index < -0.39 is 5.60 Å². The highest BCUT2D eigenvalue weighted by Gasteiger charge is 2.30. The van der Waals surface area contributed by atoms with Crippen molar-refractivity contribution in [1.82, 2.24) is 25.5 Å². The summed E-state index contributed by atoms with van der Waals surface area (Å²) in [6.07, 6.45) is 5.60. The first-order valence-corrected chi connectivity index (χ1v) is 8.48. The Morgan fingerprint density at radius 1 is 1.40 bits per heavy atom. The van der Waals surface area contributed by atoms with Gasteiger partial charge >= 0.3 is 6.03 Å². The van der Waals surface area contributed by atoms with E-state index in [2.05, 4.69) is 26.1 Å². The Labute approximate surface area is 145 Å². The number of nitrogens with zero attached hydrogens (tertiary/aromatic N) is 4. The summed E-state index contributed by atoms with van der Waals surface area (Å²) in [4.78, 5) is 12.2. The number of anilines is 1. The second-order valence-electron chi connectivity index (χ2n) is 7.02. The molecular weight excluding hydrogens is 324 g/mol. The van der Waals surface area contributed by atoms with Gasteiger partial charge in [0.2, 0.25) is 0 Å². The van der Waals surface area contributed by atoms with Gasteiger partial charge in [-0.2, -0.15) is 0 Å². The molecule has 3 N–H and O–H groups in total. The Hall–Kier alpha value is -2.42. The zero-order valence-electron chi connectivity index (χ0n) is 14.7. The van der Waals surface area contributed by atoms with E-state index in [9.17, 15) is 9.90 Å². The maximum Gasteiger partial charge on any atom is 0.320 e.